The van der Waals surface area contributed by atoms with Crippen molar-refractivity contribution in [2.45, 2.75) is 45.2 Å². The van der Waals surface area contributed by atoms with Gasteiger partial charge in [0.05, 0.1) is 29.2 Å². The van der Waals surface area contributed by atoms with Gasteiger partial charge >= 0.3 is 0 Å². The molecule has 9 nitrogen and oxygen atoms in total. The summed E-state index contributed by atoms with van der Waals surface area (Å²) in [5.41, 5.74) is 1.19. The van der Waals surface area contributed by atoms with Crippen molar-refractivity contribution < 1.29 is 18.3 Å². The third kappa shape index (κ3) is 4.84. The molecule has 1 aliphatic carbocycles. The smallest absolute Gasteiger partial charge is 0.276 e. The Morgan fingerprint density at radius 3 is 2.73 bits per heavy atom. The fraction of sp³-hybridized carbons (Fsp3) is 0.364. The molecule has 0 aromatic carbocycles. The molecule has 0 spiro atoms. The monoisotopic (exact) mass is 598 g/mol. The van der Waals surface area contributed by atoms with Crippen molar-refractivity contribution >= 4 is 28.2 Å². The molecule has 0 N–H and O–H groups in total. The van der Waals surface area contributed by atoms with Gasteiger partial charge in [-0.25, -0.2) is 13.8 Å². The number of alkyl halides is 1. The fourth-order valence-corrected chi connectivity index (χ4v) is 6.26. The van der Waals surface area contributed by atoms with E-state index in [1.54, 1.807) is 23.2 Å². The number of rotatable bonds is 3. The number of nitrogens with zero attached hydrogens (tertiary/aromatic N) is 6. The van der Waals surface area contributed by atoms with Crippen LogP contribution < -0.4 is 10.5 Å². The number of ether oxygens (including phenoxy) is 1. The van der Waals surface area contributed by atoms with Crippen LogP contribution in [-0.4, -0.2) is 64.3 Å². The van der Waals surface area contributed by atoms with Crippen molar-refractivity contribution in [2.24, 2.45) is 0 Å². The first-order chi connectivity index (χ1) is 21.2. The van der Waals surface area contributed by atoms with E-state index in [0.717, 1.165) is 5.56 Å². The lowest BCUT2D eigenvalue weighted by molar-refractivity contribution is -0.126. The zero-order chi connectivity index (χ0) is 31.1. The fourth-order valence-electron chi connectivity index (χ4n) is 6.26. The van der Waals surface area contributed by atoms with Crippen molar-refractivity contribution in [3.05, 3.63) is 87.6 Å². The van der Waals surface area contributed by atoms with Crippen LogP contribution in [0.3, 0.4) is 0 Å². The average molecular weight is 599 g/mol. The van der Waals surface area contributed by atoms with Crippen LogP contribution in [0.25, 0.3) is 22.3 Å². The molecule has 226 valence electrons. The van der Waals surface area contributed by atoms with Gasteiger partial charge in [-0.2, -0.15) is 5.26 Å². The summed E-state index contributed by atoms with van der Waals surface area (Å²) in [6.07, 6.45) is 5.73. The maximum atomic E-state index is 16.2. The number of fused-ring (bicyclic) bond motifs is 4. The van der Waals surface area contributed by atoms with Crippen molar-refractivity contribution in [3.63, 3.8) is 0 Å². The van der Waals surface area contributed by atoms with E-state index < -0.39 is 17.5 Å². The number of hydrogen-bond donors (Lipinski definition) is 0. The summed E-state index contributed by atoms with van der Waals surface area (Å²) in [5, 5.41) is 10.7. The largest absolute Gasteiger partial charge is 0.493 e. The topological polar surface area (TPSA) is 104 Å². The molecule has 1 atom stereocenters. The van der Waals surface area contributed by atoms with Crippen molar-refractivity contribution in [1.82, 2.24) is 19.4 Å². The molecule has 6 rings (SSSR count). The van der Waals surface area contributed by atoms with E-state index >= 15 is 8.78 Å². The highest BCUT2D eigenvalue weighted by molar-refractivity contribution is 5.95. The van der Waals surface area contributed by atoms with Crippen LogP contribution in [0.4, 0.5) is 14.5 Å². The summed E-state index contributed by atoms with van der Waals surface area (Å²) < 4.78 is 39.1. The van der Waals surface area contributed by atoms with E-state index in [0.29, 0.717) is 50.4 Å². The number of carbonyl (C=O) groups is 1. The van der Waals surface area contributed by atoms with E-state index in [9.17, 15) is 14.9 Å². The number of anilines is 1. The Balaban J connectivity index is 1.72. The van der Waals surface area contributed by atoms with Gasteiger partial charge in [0.2, 0.25) is 5.91 Å². The first-order valence-electron chi connectivity index (χ1n) is 14.8. The lowest BCUT2D eigenvalue weighted by atomic mass is 9.96. The Morgan fingerprint density at radius 1 is 1.25 bits per heavy atom. The van der Waals surface area contributed by atoms with Crippen molar-refractivity contribution in [2.75, 3.05) is 37.7 Å². The van der Waals surface area contributed by atoms with Crippen LogP contribution in [0.2, 0.25) is 0 Å². The average Bonchev–Trinajstić information content (AvgIpc) is 3.02. The Kier molecular flexibility index (Phi) is 7.76. The lowest BCUT2D eigenvalue weighted by Gasteiger charge is -2.36. The molecule has 1 saturated heterocycles. The molecule has 0 unspecified atom stereocenters. The van der Waals surface area contributed by atoms with Crippen molar-refractivity contribution in [1.29, 1.82) is 5.26 Å². The normalized spacial score (nSPS) is 18.3. The van der Waals surface area contributed by atoms with Gasteiger partial charge in [-0.3, -0.25) is 19.1 Å². The zero-order valence-corrected chi connectivity index (χ0v) is 24.6. The highest BCUT2D eigenvalue weighted by atomic mass is 19.1. The van der Waals surface area contributed by atoms with E-state index in [-0.39, 0.29) is 64.2 Å². The second-order valence-corrected chi connectivity index (χ2v) is 11.4. The Morgan fingerprint density at radius 2 is 2.02 bits per heavy atom. The molecule has 1 amide bonds. The number of hydrogen-bond acceptors (Lipinski definition) is 7. The SMILES string of the molecule is C=CC(=O)N1CCN(c2c(C#N)c(=O)n3c4nc(c(F)cc24)C2=C(C=CC[C@@H]2F)OCCCc2ccnc(C(C)C)c2-3)CC1. The summed E-state index contributed by atoms with van der Waals surface area (Å²) in [5.74, 6) is -0.915. The standard InChI is InChI=1S/C33H32F2N6O3/c1-4-26(42)39-12-14-40(15-13-39)31-21-17-24(35)29-27-23(34)8-5-9-25(27)44-16-6-7-20-10-11-37-28(19(2)3)30(20)41(32(21)38-29)33(43)22(31)18-36/h4-5,9-11,17,19,23H,1,6-8,12-16H2,2-3H3/t23-/m0/s1. The molecule has 3 aromatic rings. The highest BCUT2D eigenvalue weighted by Crippen LogP contribution is 2.38. The Labute approximate surface area is 253 Å². The number of piperazine rings is 1. The van der Waals surface area contributed by atoms with E-state index in [4.69, 9.17) is 9.72 Å². The van der Waals surface area contributed by atoms with Crippen molar-refractivity contribution in [3.8, 4) is 11.8 Å². The molecule has 1 fully saturated rings. The van der Waals surface area contributed by atoms with Crippen LogP contribution in [0.15, 0.2) is 53.7 Å². The van der Waals surface area contributed by atoms with Crippen LogP contribution in [0.1, 0.15) is 55.1 Å². The molecule has 2 aliphatic heterocycles. The van der Waals surface area contributed by atoms with Gasteiger partial charge in [0.15, 0.2) is 5.65 Å². The minimum absolute atomic E-state index is 0.00979. The Hall–Kier alpha value is -4.85. The molecule has 3 aromatic heterocycles. The molecule has 0 radical (unpaired) electrons. The van der Waals surface area contributed by atoms with E-state index in [1.807, 2.05) is 24.8 Å². The Bertz CT molecular complexity index is 1850. The number of halogens is 2. The van der Waals surface area contributed by atoms with Gasteiger partial charge in [-0.15, -0.1) is 0 Å². The first-order valence-corrected chi connectivity index (χ1v) is 14.8. The van der Waals surface area contributed by atoms with Crippen LogP contribution >= 0.6 is 0 Å². The maximum absolute atomic E-state index is 16.2. The minimum Gasteiger partial charge on any atom is -0.493 e. The molecule has 3 aliphatic rings. The number of amides is 1. The molecular weight excluding hydrogens is 566 g/mol. The third-order valence-electron chi connectivity index (χ3n) is 8.37. The molecule has 11 heteroatoms. The molecule has 2 bridgehead atoms. The van der Waals surface area contributed by atoms with Gasteiger partial charge in [-0.05, 0) is 48.6 Å². The summed E-state index contributed by atoms with van der Waals surface area (Å²) in [7, 11) is 0. The second kappa shape index (κ2) is 11.7. The summed E-state index contributed by atoms with van der Waals surface area (Å²) in [6.45, 7) is 8.94. The minimum atomic E-state index is -1.56. The second-order valence-electron chi connectivity index (χ2n) is 11.4. The number of pyridine rings is 3. The molecular formula is C33H32F2N6O3. The number of nitriles is 1. The van der Waals surface area contributed by atoms with Crippen LogP contribution in [0.5, 0.6) is 0 Å². The van der Waals surface area contributed by atoms with Crippen LogP contribution in [-0.2, 0) is 16.0 Å². The summed E-state index contributed by atoms with van der Waals surface area (Å²) in [4.78, 5) is 39.5. The van der Waals surface area contributed by atoms with Gasteiger partial charge < -0.3 is 14.5 Å². The van der Waals surface area contributed by atoms with E-state index in [2.05, 4.69) is 17.6 Å². The molecule has 0 saturated carbocycles. The zero-order valence-electron chi connectivity index (χ0n) is 24.6. The predicted octanol–water partition coefficient (Wildman–Crippen LogP) is 4.72. The number of aryl methyl sites for hydroxylation is 1. The summed E-state index contributed by atoms with van der Waals surface area (Å²) in [6, 6.07) is 5.15. The quantitative estimate of drug-likeness (QED) is 0.402. The van der Waals surface area contributed by atoms with Gasteiger partial charge in [0.25, 0.3) is 5.56 Å². The number of carbonyl (C=O) groups excluding carboxylic acids is 1. The van der Waals surface area contributed by atoms with E-state index in [1.165, 1.54) is 16.7 Å². The van der Waals surface area contributed by atoms with Gasteiger partial charge in [0.1, 0.15) is 35.1 Å². The van der Waals surface area contributed by atoms with Gasteiger partial charge in [0, 0.05) is 44.2 Å². The maximum Gasteiger partial charge on any atom is 0.276 e. The van der Waals surface area contributed by atoms with Gasteiger partial charge in [-0.1, -0.05) is 26.5 Å². The number of aromatic nitrogens is 3. The highest BCUT2D eigenvalue weighted by Gasteiger charge is 2.32. The molecule has 5 heterocycles. The number of allylic oxidation sites excluding steroid dienone is 3. The molecule has 44 heavy (non-hydrogen) atoms. The lowest BCUT2D eigenvalue weighted by Crippen LogP contribution is -2.49. The first kappa shape index (κ1) is 29.2. The predicted molar refractivity (Wildman–Crippen MR) is 163 cm³/mol. The third-order valence-corrected chi connectivity index (χ3v) is 8.37. The van der Waals surface area contributed by atoms with Crippen LogP contribution in [0, 0.1) is 17.1 Å². The summed E-state index contributed by atoms with van der Waals surface area (Å²) >= 11 is 0.